The van der Waals surface area contributed by atoms with Gasteiger partial charge in [-0.1, -0.05) is 84.4 Å². The topological polar surface area (TPSA) is 29.1 Å². The van der Waals surface area contributed by atoms with Gasteiger partial charge in [-0.2, -0.15) is 0 Å². The van der Waals surface area contributed by atoms with Crippen molar-refractivity contribution in [3.63, 3.8) is 0 Å². The molecule has 0 unspecified atom stereocenters. The van der Waals surface area contributed by atoms with Crippen molar-refractivity contribution in [3.8, 4) is 0 Å². The van der Waals surface area contributed by atoms with Crippen molar-refractivity contribution in [1.29, 1.82) is 0 Å². The van der Waals surface area contributed by atoms with E-state index in [1.54, 1.807) is 12.1 Å². The van der Waals surface area contributed by atoms with E-state index in [0.29, 0.717) is 5.56 Å². The van der Waals surface area contributed by atoms with Crippen molar-refractivity contribution < 1.29 is 9.18 Å². The van der Waals surface area contributed by atoms with Gasteiger partial charge in [-0.25, -0.2) is 4.39 Å². The molecule has 0 saturated heterocycles. The molecule has 1 N–H and O–H groups in total. The van der Waals surface area contributed by atoms with Gasteiger partial charge >= 0.3 is 0 Å². The van der Waals surface area contributed by atoms with E-state index in [1.807, 2.05) is 91.9 Å². The second-order valence-corrected chi connectivity index (χ2v) is 12.5. The monoisotopic (exact) mass is 516 g/mol. The molecule has 0 aliphatic heterocycles. The Kier molecular flexibility index (Phi) is 7.58. The number of hydrogen-bond acceptors (Lipinski definition) is 1. The Hall–Kier alpha value is -4.33. The number of carbonyl (C=O) groups is 1. The minimum Gasteiger partial charge on any atom is -0.292 e. The van der Waals surface area contributed by atoms with Crippen molar-refractivity contribution in [3.05, 3.63) is 167 Å². The Morgan fingerprint density at radius 3 is 1.53 bits per heavy atom. The number of rotatable bonds is 7. The average Bonchev–Trinajstić information content (AvgIpc) is 2.97. The van der Waals surface area contributed by atoms with Gasteiger partial charge in [0.15, 0.2) is 12.7 Å². The molecule has 4 heteroatoms. The lowest BCUT2D eigenvalue weighted by molar-refractivity contribution is 0.0969. The molecule has 0 aliphatic rings. The summed E-state index contributed by atoms with van der Waals surface area (Å²) in [5, 5.41) is 6.65. The van der Waals surface area contributed by atoms with Crippen LogP contribution in [0, 0.1) is 12.7 Å². The SMILES string of the molecule is Cc1ccc(C(=O)N/C(=C/c2ccc(F)cc2)[P+](c2ccccc2)(c2ccccc2)c2ccccc2)cc1. The average molecular weight is 517 g/mol. The zero-order valence-electron chi connectivity index (χ0n) is 21.1. The van der Waals surface area contributed by atoms with E-state index in [1.165, 1.54) is 12.1 Å². The van der Waals surface area contributed by atoms with E-state index >= 15 is 0 Å². The summed E-state index contributed by atoms with van der Waals surface area (Å²) in [7, 11) is -2.59. The first-order valence-corrected chi connectivity index (χ1v) is 14.3. The van der Waals surface area contributed by atoms with Crippen LogP contribution in [0.3, 0.4) is 0 Å². The number of nitrogens with one attached hydrogen (secondary N) is 1. The molecule has 2 nitrogen and oxygen atoms in total. The largest absolute Gasteiger partial charge is 0.292 e. The van der Waals surface area contributed by atoms with Crippen LogP contribution in [0.15, 0.2) is 145 Å². The summed E-state index contributed by atoms with van der Waals surface area (Å²) >= 11 is 0. The highest BCUT2D eigenvalue weighted by Gasteiger charge is 2.50. The summed E-state index contributed by atoms with van der Waals surface area (Å²) in [5.41, 5.74) is 3.24. The Morgan fingerprint density at radius 2 is 1.08 bits per heavy atom. The Balaban J connectivity index is 1.81. The zero-order valence-corrected chi connectivity index (χ0v) is 22.0. The molecule has 0 aromatic heterocycles. The molecule has 0 spiro atoms. The number of benzene rings is 5. The molecule has 0 radical (unpaired) electrons. The normalized spacial score (nSPS) is 11.7. The van der Waals surface area contributed by atoms with E-state index in [4.69, 9.17) is 0 Å². The fraction of sp³-hybridized carbons (Fsp3) is 0.0294. The second kappa shape index (κ2) is 11.4. The molecule has 0 fully saturated rings. The summed E-state index contributed by atoms with van der Waals surface area (Å²) in [6.07, 6.45) is 1.99. The van der Waals surface area contributed by atoms with Gasteiger partial charge in [0.2, 0.25) is 0 Å². The number of carbonyl (C=O) groups excluding carboxylic acids is 1. The molecule has 186 valence electrons. The fourth-order valence-electron chi connectivity index (χ4n) is 4.65. The van der Waals surface area contributed by atoms with E-state index in [0.717, 1.165) is 32.5 Å². The van der Waals surface area contributed by atoms with Gasteiger partial charge in [-0.15, -0.1) is 0 Å². The van der Waals surface area contributed by atoms with Crippen LogP contribution >= 0.6 is 7.26 Å². The molecular weight excluding hydrogens is 488 g/mol. The molecule has 0 heterocycles. The van der Waals surface area contributed by atoms with Gasteiger partial charge in [0.25, 0.3) is 5.91 Å². The zero-order chi connectivity index (χ0) is 26.4. The highest BCUT2D eigenvalue weighted by atomic mass is 31.2. The molecule has 0 aliphatic carbocycles. The van der Waals surface area contributed by atoms with Gasteiger partial charge in [0, 0.05) is 11.6 Å². The maximum atomic E-state index is 13.8. The summed E-state index contributed by atoms with van der Waals surface area (Å²) in [5.74, 6) is -0.492. The molecule has 38 heavy (non-hydrogen) atoms. The van der Waals surface area contributed by atoms with Gasteiger partial charge in [-0.3, -0.25) is 10.1 Å². The molecule has 5 aromatic carbocycles. The van der Waals surface area contributed by atoms with Gasteiger partial charge in [0.05, 0.1) is 0 Å². The molecule has 1 amide bonds. The number of amides is 1. The minimum absolute atomic E-state index is 0.189. The highest BCUT2D eigenvalue weighted by Crippen LogP contribution is 2.61. The van der Waals surface area contributed by atoms with Crippen LogP contribution in [0.1, 0.15) is 21.5 Å². The van der Waals surface area contributed by atoms with E-state index in [9.17, 15) is 9.18 Å². The third-order valence-corrected chi connectivity index (χ3v) is 10.7. The summed E-state index contributed by atoms with van der Waals surface area (Å²) in [6.45, 7) is 2.00. The van der Waals surface area contributed by atoms with Crippen LogP contribution in [-0.4, -0.2) is 5.91 Å². The highest BCUT2D eigenvalue weighted by molar-refractivity contribution is 7.99. The summed E-state index contributed by atoms with van der Waals surface area (Å²) in [4.78, 5) is 13.8. The lowest BCUT2D eigenvalue weighted by Gasteiger charge is -2.29. The van der Waals surface area contributed by atoms with Crippen molar-refractivity contribution >= 4 is 35.2 Å². The number of hydrogen-bond donors (Lipinski definition) is 1. The van der Waals surface area contributed by atoms with Crippen molar-refractivity contribution in [2.45, 2.75) is 6.92 Å². The maximum absolute atomic E-state index is 13.8. The molecule has 5 rings (SSSR count). The van der Waals surface area contributed by atoms with Crippen LogP contribution in [-0.2, 0) is 0 Å². The smallest absolute Gasteiger partial charge is 0.258 e. The molecular formula is C34H28FNOP+. The van der Waals surface area contributed by atoms with E-state index in [2.05, 4.69) is 41.7 Å². The number of halogens is 1. The number of aryl methyl sites for hydroxylation is 1. The molecule has 0 saturated carbocycles. The van der Waals surface area contributed by atoms with Crippen molar-refractivity contribution in [2.75, 3.05) is 0 Å². The standard InChI is InChI=1S/C34H27FNOP/c1-26-17-21-28(22-18-26)34(37)36-33(25-27-19-23-29(35)24-20-27)38(30-11-5-2-6-12-30,31-13-7-3-8-14-31)32-15-9-4-10-16-32/h2-25H,1H3/p+1/b33-25-. The predicted octanol–water partition coefficient (Wildman–Crippen LogP) is 6.86. The summed E-state index contributed by atoms with van der Waals surface area (Å²) in [6, 6.07) is 44.9. The molecule has 5 aromatic rings. The first-order valence-electron chi connectivity index (χ1n) is 12.5. The third kappa shape index (κ3) is 5.20. The quantitative estimate of drug-likeness (QED) is 0.235. The van der Waals surface area contributed by atoms with Gasteiger partial charge in [0.1, 0.15) is 21.7 Å². The Bertz CT molecular complexity index is 1440. The van der Waals surface area contributed by atoms with Crippen molar-refractivity contribution in [1.82, 2.24) is 5.32 Å². The van der Waals surface area contributed by atoms with Crippen LogP contribution in [0.4, 0.5) is 4.39 Å². The lowest BCUT2D eigenvalue weighted by atomic mass is 10.1. The third-order valence-electron chi connectivity index (χ3n) is 6.52. The minimum atomic E-state index is -2.59. The maximum Gasteiger partial charge on any atom is 0.258 e. The summed E-state index contributed by atoms with van der Waals surface area (Å²) < 4.78 is 13.8. The molecule has 0 atom stereocenters. The predicted molar refractivity (Wildman–Crippen MR) is 158 cm³/mol. The fourth-order valence-corrected chi connectivity index (χ4v) is 8.85. The Labute approximate surface area is 223 Å². The van der Waals surface area contributed by atoms with Gasteiger partial charge in [-0.05, 0) is 73.2 Å². The van der Waals surface area contributed by atoms with E-state index in [-0.39, 0.29) is 11.7 Å². The second-order valence-electron chi connectivity index (χ2n) is 9.08. The van der Waals surface area contributed by atoms with Crippen molar-refractivity contribution in [2.24, 2.45) is 0 Å². The molecule has 0 bridgehead atoms. The first kappa shape index (κ1) is 25.3. The van der Waals surface area contributed by atoms with E-state index < -0.39 is 7.26 Å². The van der Waals surface area contributed by atoms with Crippen LogP contribution in [0.5, 0.6) is 0 Å². The Morgan fingerprint density at radius 1 is 0.632 bits per heavy atom. The lowest BCUT2D eigenvalue weighted by Crippen LogP contribution is -2.38. The first-order chi connectivity index (χ1) is 18.6. The van der Waals surface area contributed by atoms with Crippen LogP contribution in [0.2, 0.25) is 0 Å². The van der Waals surface area contributed by atoms with Gasteiger partial charge < -0.3 is 0 Å². The van der Waals surface area contributed by atoms with Crippen LogP contribution < -0.4 is 21.2 Å². The van der Waals surface area contributed by atoms with Crippen LogP contribution in [0.25, 0.3) is 6.08 Å².